The van der Waals surface area contributed by atoms with Crippen molar-refractivity contribution in [3.8, 4) is 0 Å². The molecule has 1 aliphatic rings. The second-order valence-corrected chi connectivity index (χ2v) is 5.26. The molecule has 0 amide bonds. The monoisotopic (exact) mass is 301 g/mol. The third kappa shape index (κ3) is 4.34. The predicted molar refractivity (Wildman–Crippen MR) is 77.5 cm³/mol. The number of nitrogens with zero attached hydrogens (tertiary/aromatic N) is 2. The van der Waals surface area contributed by atoms with E-state index in [2.05, 4.69) is 16.0 Å². The van der Waals surface area contributed by atoms with Crippen LogP contribution in [0.5, 0.6) is 0 Å². The van der Waals surface area contributed by atoms with Crippen molar-refractivity contribution in [2.45, 2.75) is 38.2 Å². The summed E-state index contributed by atoms with van der Waals surface area (Å²) in [5.41, 5.74) is 6.16. The zero-order valence-corrected chi connectivity index (χ0v) is 12.1. The van der Waals surface area contributed by atoms with Crippen LogP contribution in [0.4, 0.5) is 5.95 Å². The molecule has 2 rings (SSSR count). The summed E-state index contributed by atoms with van der Waals surface area (Å²) >= 11 is 12.0. The summed E-state index contributed by atoms with van der Waals surface area (Å²) in [6.45, 7) is 0.877. The van der Waals surface area contributed by atoms with E-state index in [-0.39, 0.29) is 5.95 Å². The van der Waals surface area contributed by atoms with Gasteiger partial charge in [0.15, 0.2) is 0 Å². The fourth-order valence-electron chi connectivity index (χ4n) is 2.06. The average molecular weight is 302 g/mol. The number of allylic oxidation sites excluding steroid dienone is 1. The van der Waals surface area contributed by atoms with Crippen molar-refractivity contribution in [2.24, 2.45) is 0 Å². The number of rotatable bonds is 4. The van der Waals surface area contributed by atoms with Crippen molar-refractivity contribution < 1.29 is 4.74 Å². The minimum Gasteiger partial charge on any atom is -0.378 e. The Hall–Kier alpha value is -0.840. The molecular weight excluding hydrogens is 285 g/mol. The standard InChI is InChI=1S/C13H17Cl2N3O/c14-11-10(12(15)18-13(16)17-11)7-2-1-5-9-6-3-4-8-19-9/h1-2,9H,3-8H2,(H2,16,17,18)/b2-1+. The van der Waals surface area contributed by atoms with Crippen LogP contribution >= 0.6 is 23.2 Å². The second kappa shape index (κ2) is 7.08. The van der Waals surface area contributed by atoms with Crippen LogP contribution in [0.2, 0.25) is 10.3 Å². The van der Waals surface area contributed by atoms with Crippen molar-refractivity contribution in [1.29, 1.82) is 0 Å². The van der Waals surface area contributed by atoms with Crippen LogP contribution < -0.4 is 5.73 Å². The van der Waals surface area contributed by atoms with Gasteiger partial charge < -0.3 is 10.5 Å². The van der Waals surface area contributed by atoms with E-state index in [1.807, 2.05) is 6.08 Å². The lowest BCUT2D eigenvalue weighted by Crippen LogP contribution is -2.17. The Bertz CT molecular complexity index is 436. The van der Waals surface area contributed by atoms with E-state index in [1.54, 1.807) is 0 Å². The second-order valence-electron chi connectivity index (χ2n) is 4.54. The molecule has 1 aliphatic heterocycles. The van der Waals surface area contributed by atoms with Crippen LogP contribution in [0.25, 0.3) is 0 Å². The highest BCUT2D eigenvalue weighted by atomic mass is 35.5. The minimum absolute atomic E-state index is 0.0957. The maximum absolute atomic E-state index is 5.99. The Balaban J connectivity index is 1.87. The summed E-state index contributed by atoms with van der Waals surface area (Å²) in [6.07, 6.45) is 9.55. The molecule has 1 atom stereocenters. The minimum atomic E-state index is 0.0957. The number of nitrogen functional groups attached to an aromatic ring is 1. The zero-order chi connectivity index (χ0) is 13.7. The normalized spacial score (nSPS) is 20.0. The smallest absolute Gasteiger partial charge is 0.222 e. The molecule has 1 unspecified atom stereocenters. The number of halogens is 2. The molecule has 0 saturated carbocycles. The highest BCUT2D eigenvalue weighted by molar-refractivity contribution is 6.34. The largest absolute Gasteiger partial charge is 0.378 e. The van der Waals surface area contributed by atoms with Gasteiger partial charge in [0.1, 0.15) is 10.3 Å². The van der Waals surface area contributed by atoms with Gasteiger partial charge in [0.05, 0.1) is 6.10 Å². The average Bonchev–Trinajstić information content (AvgIpc) is 2.38. The first-order valence-corrected chi connectivity index (χ1v) is 7.16. The van der Waals surface area contributed by atoms with Crippen LogP contribution in [0.15, 0.2) is 12.2 Å². The summed E-state index contributed by atoms with van der Waals surface area (Å²) < 4.78 is 5.65. The summed E-state index contributed by atoms with van der Waals surface area (Å²) in [5, 5.41) is 0.632. The molecule has 1 aromatic heterocycles. The molecule has 1 aromatic rings. The predicted octanol–water partition coefficient (Wildman–Crippen LogP) is 3.42. The van der Waals surface area contributed by atoms with E-state index >= 15 is 0 Å². The third-order valence-corrected chi connectivity index (χ3v) is 3.71. The van der Waals surface area contributed by atoms with Crippen LogP contribution in [0.3, 0.4) is 0 Å². The molecule has 0 aromatic carbocycles. The molecule has 104 valence electrons. The fraction of sp³-hybridized carbons (Fsp3) is 0.538. The molecule has 2 heterocycles. The quantitative estimate of drug-likeness (QED) is 0.684. The van der Waals surface area contributed by atoms with Crippen LogP contribution in [0, 0.1) is 0 Å². The highest BCUT2D eigenvalue weighted by Gasteiger charge is 2.12. The van der Waals surface area contributed by atoms with Gasteiger partial charge in [-0.25, -0.2) is 9.97 Å². The molecule has 6 heteroatoms. The Kier molecular flexibility index (Phi) is 5.43. The van der Waals surface area contributed by atoms with Gasteiger partial charge in [-0.1, -0.05) is 35.4 Å². The molecule has 0 radical (unpaired) electrons. The molecule has 0 bridgehead atoms. The zero-order valence-electron chi connectivity index (χ0n) is 10.6. The number of ether oxygens (including phenoxy) is 1. The molecule has 0 aliphatic carbocycles. The van der Waals surface area contributed by atoms with Gasteiger partial charge in [-0.05, 0) is 32.1 Å². The molecule has 19 heavy (non-hydrogen) atoms. The Morgan fingerprint density at radius 3 is 2.58 bits per heavy atom. The van der Waals surface area contributed by atoms with Crippen molar-refractivity contribution >= 4 is 29.2 Å². The first-order valence-electron chi connectivity index (χ1n) is 6.41. The Morgan fingerprint density at radius 1 is 1.21 bits per heavy atom. The molecule has 2 N–H and O–H groups in total. The first kappa shape index (κ1) is 14.6. The van der Waals surface area contributed by atoms with E-state index in [9.17, 15) is 0 Å². The number of hydrogen-bond donors (Lipinski definition) is 1. The first-order chi connectivity index (χ1) is 9.16. The lowest BCUT2D eigenvalue weighted by Gasteiger charge is -2.20. The van der Waals surface area contributed by atoms with Gasteiger partial charge in [-0.2, -0.15) is 0 Å². The van der Waals surface area contributed by atoms with Gasteiger partial charge in [0.25, 0.3) is 0 Å². The van der Waals surface area contributed by atoms with Crippen molar-refractivity contribution in [3.63, 3.8) is 0 Å². The molecular formula is C13H17Cl2N3O. The van der Waals surface area contributed by atoms with Crippen molar-refractivity contribution in [3.05, 3.63) is 28.0 Å². The van der Waals surface area contributed by atoms with Crippen LogP contribution in [-0.2, 0) is 11.2 Å². The summed E-state index contributed by atoms with van der Waals surface area (Å²) in [6, 6.07) is 0. The lowest BCUT2D eigenvalue weighted by atomic mass is 10.1. The molecule has 4 nitrogen and oxygen atoms in total. The Labute approximate surface area is 123 Å². The van der Waals surface area contributed by atoms with E-state index in [0.717, 1.165) is 19.4 Å². The van der Waals surface area contributed by atoms with Gasteiger partial charge in [0, 0.05) is 12.2 Å². The van der Waals surface area contributed by atoms with Gasteiger partial charge in [0.2, 0.25) is 5.95 Å². The molecule has 0 spiro atoms. The SMILES string of the molecule is Nc1nc(Cl)c(C/C=C/CC2CCCCO2)c(Cl)n1. The number of hydrogen-bond acceptors (Lipinski definition) is 4. The van der Waals surface area contributed by atoms with Gasteiger partial charge in [-0.15, -0.1) is 0 Å². The lowest BCUT2D eigenvalue weighted by molar-refractivity contribution is 0.0184. The van der Waals surface area contributed by atoms with Gasteiger partial charge in [-0.3, -0.25) is 0 Å². The molecule has 1 fully saturated rings. The number of anilines is 1. The number of nitrogens with two attached hydrogens (primary N) is 1. The van der Waals surface area contributed by atoms with E-state index in [1.165, 1.54) is 12.8 Å². The van der Waals surface area contributed by atoms with Crippen LogP contribution in [0.1, 0.15) is 31.2 Å². The highest BCUT2D eigenvalue weighted by Crippen LogP contribution is 2.23. The van der Waals surface area contributed by atoms with E-state index < -0.39 is 0 Å². The maximum atomic E-state index is 5.99. The Morgan fingerprint density at radius 2 is 1.95 bits per heavy atom. The molecule has 1 saturated heterocycles. The van der Waals surface area contributed by atoms with Crippen molar-refractivity contribution in [2.75, 3.05) is 12.3 Å². The van der Waals surface area contributed by atoms with E-state index in [0.29, 0.717) is 28.4 Å². The third-order valence-electron chi connectivity index (χ3n) is 3.09. The summed E-state index contributed by atoms with van der Waals surface area (Å²) in [7, 11) is 0. The fourth-order valence-corrected chi connectivity index (χ4v) is 2.61. The van der Waals surface area contributed by atoms with E-state index in [4.69, 9.17) is 33.7 Å². The summed E-state index contributed by atoms with van der Waals surface area (Å²) in [5.74, 6) is 0.0957. The number of aromatic nitrogens is 2. The summed E-state index contributed by atoms with van der Waals surface area (Å²) in [4.78, 5) is 7.78. The van der Waals surface area contributed by atoms with Crippen molar-refractivity contribution in [1.82, 2.24) is 9.97 Å². The van der Waals surface area contributed by atoms with Gasteiger partial charge >= 0.3 is 0 Å². The maximum Gasteiger partial charge on any atom is 0.222 e. The van der Waals surface area contributed by atoms with Crippen LogP contribution in [-0.4, -0.2) is 22.7 Å². The topological polar surface area (TPSA) is 61.0 Å².